The SMILES string of the molecule is CCCC/C(F)=C(\F)c1ccc(-c2ccc(OC(=O)c3cc(F)c(-c4cc(F)c(F)c(F)c4)c(F)c3)cc2)cc1. The number of carbonyl (C=O) groups excluding carboxylic acids is 1. The minimum Gasteiger partial charge on any atom is -0.423 e. The molecule has 0 fully saturated rings. The summed E-state index contributed by atoms with van der Waals surface area (Å²) < 4.78 is 103. The molecule has 0 atom stereocenters. The van der Waals surface area contributed by atoms with Crippen LogP contribution in [-0.2, 0) is 0 Å². The van der Waals surface area contributed by atoms with E-state index >= 15 is 0 Å². The largest absolute Gasteiger partial charge is 0.423 e. The first kappa shape index (κ1) is 28.6. The summed E-state index contributed by atoms with van der Waals surface area (Å²) in [5.41, 5.74) is -0.482. The van der Waals surface area contributed by atoms with Gasteiger partial charge in [-0.05, 0) is 59.5 Å². The molecule has 0 heterocycles. The van der Waals surface area contributed by atoms with E-state index in [-0.39, 0.29) is 17.7 Å². The number of esters is 1. The highest BCUT2D eigenvalue weighted by Gasteiger charge is 2.21. The molecule has 206 valence electrons. The molecule has 2 nitrogen and oxygen atoms in total. The van der Waals surface area contributed by atoms with Crippen LogP contribution in [0.25, 0.3) is 28.1 Å². The summed E-state index contributed by atoms with van der Waals surface area (Å²) >= 11 is 0. The van der Waals surface area contributed by atoms with Crippen molar-refractivity contribution in [2.75, 3.05) is 0 Å². The van der Waals surface area contributed by atoms with E-state index < -0.39 is 63.4 Å². The second-order valence-corrected chi connectivity index (χ2v) is 8.88. The van der Waals surface area contributed by atoms with Crippen molar-refractivity contribution in [3.8, 4) is 28.0 Å². The van der Waals surface area contributed by atoms with Gasteiger partial charge in [0, 0.05) is 12.0 Å². The summed E-state index contributed by atoms with van der Waals surface area (Å²) in [7, 11) is 0. The summed E-state index contributed by atoms with van der Waals surface area (Å²) in [6.07, 6.45) is 1.32. The molecule has 0 amide bonds. The van der Waals surface area contributed by atoms with Gasteiger partial charge in [-0.15, -0.1) is 0 Å². The fraction of sp³-hybridized carbons (Fsp3) is 0.129. The van der Waals surface area contributed by atoms with Crippen molar-refractivity contribution in [2.24, 2.45) is 0 Å². The van der Waals surface area contributed by atoms with Crippen LogP contribution in [0.3, 0.4) is 0 Å². The summed E-state index contributed by atoms with van der Waals surface area (Å²) in [6.45, 7) is 1.88. The third kappa shape index (κ3) is 6.25. The van der Waals surface area contributed by atoms with Gasteiger partial charge in [0.2, 0.25) is 0 Å². The van der Waals surface area contributed by atoms with E-state index in [9.17, 15) is 35.5 Å². The van der Waals surface area contributed by atoms with Crippen molar-refractivity contribution < 1.29 is 40.3 Å². The quantitative estimate of drug-likeness (QED) is 0.0932. The fourth-order valence-corrected chi connectivity index (χ4v) is 3.96. The van der Waals surface area contributed by atoms with Crippen molar-refractivity contribution in [1.82, 2.24) is 0 Å². The standard InChI is InChI=1S/C31H21F7O2/c1-2-3-4-23(32)29(37)19-7-5-17(6-8-19)18-9-11-22(12-10-18)40-31(39)21-15-24(33)28(25(34)16-21)20-13-26(35)30(38)27(36)14-20/h5-16H,2-4H2,1H3/b29-23+. The monoisotopic (exact) mass is 558 g/mol. The van der Waals surface area contributed by atoms with Gasteiger partial charge in [0.25, 0.3) is 0 Å². The van der Waals surface area contributed by atoms with Gasteiger partial charge < -0.3 is 4.74 Å². The molecule has 4 rings (SSSR count). The van der Waals surface area contributed by atoms with E-state index in [2.05, 4.69) is 0 Å². The van der Waals surface area contributed by atoms with Gasteiger partial charge in [-0.1, -0.05) is 49.7 Å². The number of hydrogen-bond donors (Lipinski definition) is 0. The van der Waals surface area contributed by atoms with Gasteiger partial charge >= 0.3 is 5.97 Å². The molecule has 0 aliphatic rings. The predicted molar refractivity (Wildman–Crippen MR) is 137 cm³/mol. The number of halogens is 7. The number of hydrogen-bond acceptors (Lipinski definition) is 2. The van der Waals surface area contributed by atoms with Gasteiger partial charge in [-0.3, -0.25) is 0 Å². The topological polar surface area (TPSA) is 26.3 Å². The van der Waals surface area contributed by atoms with Gasteiger partial charge in [-0.25, -0.2) is 35.5 Å². The first-order valence-electron chi connectivity index (χ1n) is 12.2. The van der Waals surface area contributed by atoms with Crippen LogP contribution in [0.2, 0.25) is 0 Å². The smallest absolute Gasteiger partial charge is 0.343 e. The van der Waals surface area contributed by atoms with Crippen molar-refractivity contribution in [2.45, 2.75) is 26.2 Å². The lowest BCUT2D eigenvalue weighted by atomic mass is 10.0. The zero-order valence-electron chi connectivity index (χ0n) is 21.0. The summed E-state index contributed by atoms with van der Waals surface area (Å²) in [5.74, 6) is -10.4. The van der Waals surface area contributed by atoms with Crippen molar-refractivity contribution >= 4 is 11.8 Å². The minimum absolute atomic E-state index is 0.0297. The van der Waals surface area contributed by atoms with E-state index in [0.717, 1.165) is 6.42 Å². The Balaban J connectivity index is 1.48. The summed E-state index contributed by atoms with van der Waals surface area (Å²) in [6, 6.07) is 14.3. The lowest BCUT2D eigenvalue weighted by molar-refractivity contribution is 0.0733. The molecule has 0 spiro atoms. The Kier molecular flexibility index (Phi) is 8.72. The van der Waals surface area contributed by atoms with Crippen LogP contribution in [0, 0.1) is 29.1 Å². The zero-order chi connectivity index (χ0) is 29.0. The molecule has 4 aromatic carbocycles. The average molecular weight is 558 g/mol. The van der Waals surface area contributed by atoms with Crippen molar-refractivity contribution in [3.05, 3.63) is 119 Å². The summed E-state index contributed by atoms with van der Waals surface area (Å²) in [5, 5.41) is 0. The molecule has 0 radical (unpaired) electrons. The Morgan fingerprint density at radius 3 is 1.73 bits per heavy atom. The van der Waals surface area contributed by atoms with Crippen LogP contribution < -0.4 is 4.74 Å². The predicted octanol–water partition coefficient (Wildman–Crippen LogP) is 9.73. The first-order chi connectivity index (χ1) is 19.1. The van der Waals surface area contributed by atoms with E-state index in [1.807, 2.05) is 6.92 Å². The normalized spacial score (nSPS) is 11.8. The zero-order valence-corrected chi connectivity index (χ0v) is 21.0. The van der Waals surface area contributed by atoms with Crippen LogP contribution in [0.1, 0.15) is 42.1 Å². The third-order valence-corrected chi connectivity index (χ3v) is 6.07. The Labute approximate surface area is 225 Å². The molecule has 0 unspecified atom stereocenters. The van der Waals surface area contributed by atoms with E-state index in [1.165, 1.54) is 24.3 Å². The number of rotatable bonds is 8. The van der Waals surface area contributed by atoms with Gasteiger partial charge in [0.1, 0.15) is 23.2 Å². The number of ether oxygens (including phenoxy) is 1. The lowest BCUT2D eigenvalue weighted by Crippen LogP contribution is -2.10. The molecule has 0 saturated carbocycles. The number of unbranched alkanes of at least 4 members (excludes halogenated alkanes) is 1. The molecule has 9 heteroatoms. The molecule has 0 aliphatic carbocycles. The highest BCUT2D eigenvalue weighted by atomic mass is 19.2. The molecule has 0 aromatic heterocycles. The Bertz CT molecular complexity index is 1530. The van der Waals surface area contributed by atoms with Gasteiger partial charge in [-0.2, -0.15) is 0 Å². The highest BCUT2D eigenvalue weighted by molar-refractivity contribution is 5.92. The second kappa shape index (κ2) is 12.2. The average Bonchev–Trinajstić information content (AvgIpc) is 2.94. The maximum absolute atomic E-state index is 14.6. The van der Waals surface area contributed by atoms with Crippen molar-refractivity contribution in [3.63, 3.8) is 0 Å². The number of allylic oxidation sites excluding steroid dienone is 1. The van der Waals surface area contributed by atoms with Gasteiger partial charge in [0.15, 0.2) is 23.3 Å². The highest BCUT2D eigenvalue weighted by Crippen LogP contribution is 2.31. The number of carbonyl (C=O) groups is 1. The van der Waals surface area contributed by atoms with Crippen LogP contribution in [0.4, 0.5) is 30.7 Å². The molecule has 0 aliphatic heterocycles. The third-order valence-electron chi connectivity index (χ3n) is 6.07. The Morgan fingerprint density at radius 1 is 0.675 bits per heavy atom. The van der Waals surface area contributed by atoms with Crippen molar-refractivity contribution in [1.29, 1.82) is 0 Å². The van der Waals surface area contributed by atoms with Crippen LogP contribution in [0.15, 0.2) is 78.6 Å². The molecule has 4 aromatic rings. The van der Waals surface area contributed by atoms with E-state index in [1.54, 1.807) is 24.3 Å². The van der Waals surface area contributed by atoms with Crippen LogP contribution in [-0.4, -0.2) is 5.97 Å². The first-order valence-corrected chi connectivity index (χ1v) is 12.2. The molecule has 40 heavy (non-hydrogen) atoms. The molecular formula is C31H21F7O2. The molecule has 0 saturated heterocycles. The van der Waals surface area contributed by atoms with Crippen LogP contribution >= 0.6 is 0 Å². The molecule has 0 bridgehead atoms. The Morgan fingerprint density at radius 2 is 1.20 bits per heavy atom. The minimum atomic E-state index is -1.79. The number of benzene rings is 4. The maximum atomic E-state index is 14.6. The molecular weight excluding hydrogens is 537 g/mol. The maximum Gasteiger partial charge on any atom is 0.343 e. The van der Waals surface area contributed by atoms with E-state index in [4.69, 9.17) is 4.74 Å². The van der Waals surface area contributed by atoms with Crippen LogP contribution in [0.5, 0.6) is 5.75 Å². The van der Waals surface area contributed by atoms with E-state index in [0.29, 0.717) is 41.8 Å². The lowest BCUT2D eigenvalue weighted by Gasteiger charge is -2.10. The second-order valence-electron chi connectivity index (χ2n) is 8.88. The Hall–Kier alpha value is -4.40. The summed E-state index contributed by atoms with van der Waals surface area (Å²) in [4.78, 5) is 12.5. The van der Waals surface area contributed by atoms with Gasteiger partial charge in [0.05, 0.1) is 11.1 Å². The molecule has 0 N–H and O–H groups in total. The fourth-order valence-electron chi connectivity index (χ4n) is 3.96.